The number of hydrogen-bond donors (Lipinski definition) is 1. The van der Waals surface area contributed by atoms with Gasteiger partial charge in [0.1, 0.15) is 0 Å². The number of benzene rings is 1. The zero-order valence-electron chi connectivity index (χ0n) is 14.9. The number of methoxy groups -OCH3 is 1. The third-order valence-electron chi connectivity index (χ3n) is 5.28. The Kier molecular flexibility index (Phi) is 5.90. The maximum Gasteiger partial charge on any atom is 0.234 e. The first-order valence-electron chi connectivity index (χ1n) is 9.20. The van der Waals surface area contributed by atoms with Gasteiger partial charge in [0.25, 0.3) is 0 Å². The van der Waals surface area contributed by atoms with Crippen LogP contribution in [-0.2, 0) is 16.0 Å². The molecule has 2 aliphatic carbocycles. The molecule has 0 bridgehead atoms. The molecule has 4 nitrogen and oxygen atoms in total. The smallest absolute Gasteiger partial charge is 0.234 e. The van der Waals surface area contributed by atoms with Crippen LogP contribution in [0.3, 0.4) is 0 Å². The molecule has 1 aromatic rings. The van der Waals surface area contributed by atoms with Crippen LogP contribution in [0.2, 0.25) is 0 Å². The van der Waals surface area contributed by atoms with E-state index in [4.69, 9.17) is 4.74 Å². The molecular formula is C20H30N2O2. The largest absolute Gasteiger partial charge is 0.383 e. The van der Waals surface area contributed by atoms with Gasteiger partial charge in [-0.25, -0.2) is 0 Å². The SMILES string of the molecule is COCC(Cc1ccccc1)N(C)CC(=O)NC(C1CC1)C1CC1. The third-order valence-corrected chi connectivity index (χ3v) is 5.28. The Labute approximate surface area is 145 Å². The normalized spacial score (nSPS) is 18.8. The van der Waals surface area contributed by atoms with Crippen LogP contribution in [0.1, 0.15) is 31.2 Å². The fraction of sp³-hybridized carbons (Fsp3) is 0.650. The zero-order chi connectivity index (χ0) is 16.9. The Balaban J connectivity index is 1.52. The summed E-state index contributed by atoms with van der Waals surface area (Å²) in [6.07, 6.45) is 6.05. The summed E-state index contributed by atoms with van der Waals surface area (Å²) in [6, 6.07) is 11.1. The predicted octanol–water partition coefficient (Wildman–Crippen LogP) is 2.48. The molecule has 1 atom stereocenters. The molecule has 0 aliphatic heterocycles. The fourth-order valence-electron chi connectivity index (χ4n) is 3.54. The summed E-state index contributed by atoms with van der Waals surface area (Å²) in [6.45, 7) is 1.07. The second-order valence-corrected chi connectivity index (χ2v) is 7.48. The molecule has 3 rings (SSSR count). The highest BCUT2D eigenvalue weighted by Crippen LogP contribution is 2.44. The highest BCUT2D eigenvalue weighted by Gasteiger charge is 2.42. The van der Waals surface area contributed by atoms with Crippen molar-refractivity contribution in [2.24, 2.45) is 11.8 Å². The molecule has 0 saturated heterocycles. The Morgan fingerprint density at radius 1 is 1.21 bits per heavy atom. The number of nitrogens with one attached hydrogen (secondary N) is 1. The molecule has 2 saturated carbocycles. The van der Waals surface area contributed by atoms with Crippen molar-refractivity contribution in [3.63, 3.8) is 0 Å². The second kappa shape index (κ2) is 8.13. The standard InChI is InChI=1S/C20H30N2O2/c1-22(18(14-24-2)12-15-6-4-3-5-7-15)13-19(23)21-20(16-8-9-16)17-10-11-17/h3-7,16-18,20H,8-14H2,1-2H3,(H,21,23). The summed E-state index contributed by atoms with van der Waals surface area (Å²) in [5, 5.41) is 3.31. The minimum absolute atomic E-state index is 0.162. The van der Waals surface area contributed by atoms with Gasteiger partial charge in [-0.2, -0.15) is 0 Å². The number of carbonyl (C=O) groups excluding carboxylic acids is 1. The topological polar surface area (TPSA) is 41.6 Å². The third kappa shape index (κ3) is 5.05. The number of nitrogens with zero attached hydrogens (tertiary/aromatic N) is 1. The summed E-state index contributed by atoms with van der Waals surface area (Å²) < 4.78 is 5.38. The first kappa shape index (κ1) is 17.4. The van der Waals surface area contributed by atoms with E-state index < -0.39 is 0 Å². The molecule has 1 unspecified atom stereocenters. The van der Waals surface area contributed by atoms with Gasteiger partial charge in [-0.05, 0) is 56.6 Å². The van der Waals surface area contributed by atoms with E-state index in [-0.39, 0.29) is 11.9 Å². The maximum absolute atomic E-state index is 12.5. The number of likely N-dealkylation sites (N-methyl/N-ethyl adjacent to an activating group) is 1. The van der Waals surface area contributed by atoms with Crippen molar-refractivity contribution in [2.45, 2.75) is 44.2 Å². The van der Waals surface area contributed by atoms with Gasteiger partial charge in [-0.15, -0.1) is 0 Å². The highest BCUT2D eigenvalue weighted by atomic mass is 16.5. The van der Waals surface area contributed by atoms with E-state index in [1.807, 2.05) is 13.1 Å². The van der Waals surface area contributed by atoms with E-state index in [0.29, 0.717) is 19.2 Å². The van der Waals surface area contributed by atoms with E-state index in [1.54, 1.807) is 7.11 Å². The molecule has 0 radical (unpaired) electrons. The Morgan fingerprint density at radius 2 is 1.83 bits per heavy atom. The van der Waals surface area contributed by atoms with Crippen LogP contribution in [0, 0.1) is 11.8 Å². The lowest BCUT2D eigenvalue weighted by Gasteiger charge is -2.28. The summed E-state index contributed by atoms with van der Waals surface area (Å²) in [4.78, 5) is 14.6. The Hall–Kier alpha value is -1.39. The van der Waals surface area contributed by atoms with Crippen molar-refractivity contribution < 1.29 is 9.53 Å². The van der Waals surface area contributed by atoms with Gasteiger partial charge in [-0.3, -0.25) is 9.69 Å². The van der Waals surface area contributed by atoms with Gasteiger partial charge in [0.15, 0.2) is 0 Å². The molecule has 132 valence electrons. The van der Waals surface area contributed by atoms with E-state index in [2.05, 4.69) is 34.5 Å². The van der Waals surface area contributed by atoms with E-state index in [0.717, 1.165) is 18.3 Å². The van der Waals surface area contributed by atoms with E-state index in [1.165, 1.54) is 31.2 Å². The first-order valence-corrected chi connectivity index (χ1v) is 9.20. The van der Waals surface area contributed by atoms with E-state index in [9.17, 15) is 4.79 Å². The van der Waals surface area contributed by atoms with Crippen LogP contribution in [0.25, 0.3) is 0 Å². The average molecular weight is 330 g/mol. The average Bonchev–Trinajstić information content (AvgIpc) is 3.47. The fourth-order valence-corrected chi connectivity index (χ4v) is 3.54. The van der Waals surface area contributed by atoms with Gasteiger partial charge in [0.05, 0.1) is 13.2 Å². The van der Waals surface area contributed by atoms with Crippen LogP contribution in [0.15, 0.2) is 30.3 Å². The van der Waals surface area contributed by atoms with Crippen molar-refractivity contribution in [2.75, 3.05) is 27.3 Å². The maximum atomic E-state index is 12.5. The molecule has 1 amide bonds. The second-order valence-electron chi connectivity index (χ2n) is 7.48. The van der Waals surface area contributed by atoms with Crippen LogP contribution in [0.4, 0.5) is 0 Å². The number of rotatable bonds is 10. The van der Waals surface area contributed by atoms with Gasteiger partial charge in [0, 0.05) is 19.2 Å². The van der Waals surface area contributed by atoms with Crippen molar-refractivity contribution in [1.29, 1.82) is 0 Å². The van der Waals surface area contributed by atoms with Crippen LogP contribution in [-0.4, -0.2) is 50.2 Å². The van der Waals surface area contributed by atoms with Crippen molar-refractivity contribution in [3.05, 3.63) is 35.9 Å². The zero-order valence-corrected chi connectivity index (χ0v) is 14.9. The molecule has 24 heavy (non-hydrogen) atoms. The van der Waals surface area contributed by atoms with E-state index >= 15 is 0 Å². The first-order chi connectivity index (χ1) is 11.7. The molecular weight excluding hydrogens is 300 g/mol. The lowest BCUT2D eigenvalue weighted by molar-refractivity contribution is -0.123. The molecule has 1 N–H and O–H groups in total. The molecule has 0 heterocycles. The highest BCUT2D eigenvalue weighted by molar-refractivity contribution is 5.78. The van der Waals surface area contributed by atoms with Gasteiger partial charge >= 0.3 is 0 Å². The molecule has 2 aliphatic rings. The molecule has 1 aromatic carbocycles. The minimum atomic E-state index is 0.162. The van der Waals surface area contributed by atoms with Gasteiger partial charge < -0.3 is 10.1 Å². The Morgan fingerprint density at radius 3 is 2.38 bits per heavy atom. The molecule has 4 heteroatoms. The molecule has 2 fully saturated rings. The van der Waals surface area contributed by atoms with Crippen LogP contribution >= 0.6 is 0 Å². The van der Waals surface area contributed by atoms with Crippen LogP contribution < -0.4 is 5.32 Å². The summed E-state index contributed by atoms with van der Waals surface area (Å²) in [7, 11) is 3.75. The monoisotopic (exact) mass is 330 g/mol. The van der Waals surface area contributed by atoms with Crippen molar-refractivity contribution in [1.82, 2.24) is 10.2 Å². The summed E-state index contributed by atoms with van der Waals surface area (Å²) in [5.41, 5.74) is 1.28. The predicted molar refractivity (Wildman–Crippen MR) is 95.8 cm³/mol. The number of amides is 1. The van der Waals surface area contributed by atoms with Gasteiger partial charge in [-0.1, -0.05) is 30.3 Å². The quantitative estimate of drug-likeness (QED) is 0.717. The molecule has 0 spiro atoms. The summed E-state index contributed by atoms with van der Waals surface area (Å²) >= 11 is 0. The minimum Gasteiger partial charge on any atom is -0.383 e. The molecule has 0 aromatic heterocycles. The number of hydrogen-bond acceptors (Lipinski definition) is 3. The number of ether oxygens (including phenoxy) is 1. The van der Waals surface area contributed by atoms with Crippen molar-refractivity contribution in [3.8, 4) is 0 Å². The lowest BCUT2D eigenvalue weighted by atomic mass is 10.1. The summed E-state index contributed by atoms with van der Waals surface area (Å²) in [5.74, 6) is 1.65. The Bertz CT molecular complexity index is 514. The van der Waals surface area contributed by atoms with Crippen molar-refractivity contribution >= 4 is 5.91 Å². The van der Waals surface area contributed by atoms with Crippen LogP contribution in [0.5, 0.6) is 0 Å². The lowest BCUT2D eigenvalue weighted by Crippen LogP contribution is -2.47. The van der Waals surface area contributed by atoms with Gasteiger partial charge in [0.2, 0.25) is 5.91 Å². The number of carbonyl (C=O) groups is 1.